The van der Waals surface area contributed by atoms with E-state index in [4.69, 9.17) is 0 Å². The van der Waals surface area contributed by atoms with Gasteiger partial charge in [0.15, 0.2) is 0 Å². The minimum absolute atomic E-state index is 0.0177. The Balaban J connectivity index is 1.48. The molecule has 6 rings (SSSR count). The molecule has 1 aromatic rings. The number of carbonyl (C=O) groups excluding carboxylic acids is 1. The lowest BCUT2D eigenvalue weighted by Crippen LogP contribution is -2.61. The molecule has 1 heterocycles. The van der Waals surface area contributed by atoms with E-state index in [9.17, 15) is 4.79 Å². The summed E-state index contributed by atoms with van der Waals surface area (Å²) in [6.07, 6.45) is 12.0. The molecule has 27 heavy (non-hydrogen) atoms. The highest BCUT2D eigenvalue weighted by molar-refractivity contribution is 5.86. The Hall–Kier alpha value is -1.15. The third-order valence-corrected chi connectivity index (χ3v) is 8.84. The maximum atomic E-state index is 13.8. The van der Waals surface area contributed by atoms with Crippen LogP contribution in [0.4, 0.5) is 0 Å². The van der Waals surface area contributed by atoms with E-state index in [-0.39, 0.29) is 10.8 Å². The molecular formula is C25H35NO. The van der Waals surface area contributed by atoms with E-state index in [1.807, 2.05) is 0 Å². The van der Waals surface area contributed by atoms with E-state index in [2.05, 4.69) is 42.6 Å². The molecule has 146 valence electrons. The molecule has 1 aliphatic heterocycles. The van der Waals surface area contributed by atoms with Crippen molar-refractivity contribution in [3.63, 3.8) is 0 Å². The van der Waals surface area contributed by atoms with Crippen LogP contribution in [0, 0.1) is 22.7 Å². The summed E-state index contributed by atoms with van der Waals surface area (Å²) in [4.78, 5) is 13.8. The highest BCUT2D eigenvalue weighted by Crippen LogP contribution is 2.71. The normalized spacial score (nSPS) is 41.0. The average molecular weight is 366 g/mol. The number of carbonyl (C=O) groups is 1. The van der Waals surface area contributed by atoms with Gasteiger partial charge >= 0.3 is 0 Å². The lowest BCUT2D eigenvalue weighted by Gasteiger charge is -2.66. The molecule has 4 bridgehead atoms. The van der Waals surface area contributed by atoms with Crippen LogP contribution in [0.25, 0.3) is 0 Å². The predicted octanol–water partition coefficient (Wildman–Crippen LogP) is 5.26. The first-order chi connectivity index (χ1) is 13.1. The Morgan fingerprint density at radius 1 is 1.04 bits per heavy atom. The molecule has 0 spiro atoms. The van der Waals surface area contributed by atoms with Crippen LogP contribution in [0.15, 0.2) is 30.3 Å². The number of ketones is 1. The molecule has 0 amide bonds. The van der Waals surface area contributed by atoms with Crippen molar-refractivity contribution < 1.29 is 4.79 Å². The van der Waals surface area contributed by atoms with Crippen molar-refractivity contribution in [3.8, 4) is 0 Å². The van der Waals surface area contributed by atoms with Crippen LogP contribution in [0.3, 0.4) is 0 Å². The Kier molecular flexibility index (Phi) is 4.27. The van der Waals surface area contributed by atoms with Gasteiger partial charge in [0.2, 0.25) is 0 Å². The van der Waals surface area contributed by atoms with Crippen LogP contribution in [0.2, 0.25) is 0 Å². The lowest BCUT2D eigenvalue weighted by atomic mass is 9.37. The van der Waals surface area contributed by atoms with E-state index >= 15 is 0 Å². The summed E-state index contributed by atoms with van der Waals surface area (Å²) >= 11 is 0. The van der Waals surface area contributed by atoms with E-state index in [0.29, 0.717) is 17.1 Å². The van der Waals surface area contributed by atoms with Gasteiger partial charge in [-0.1, -0.05) is 43.7 Å². The molecule has 4 atom stereocenters. The SMILES string of the molecule is CC[C@]12CC3CC(C(=O)CC4CCNCC4)(C1)C[C@@](c1ccccc1)(C3)C2. The lowest BCUT2D eigenvalue weighted by molar-refractivity contribution is -0.162. The van der Waals surface area contributed by atoms with Gasteiger partial charge in [-0.2, -0.15) is 0 Å². The van der Waals surface area contributed by atoms with Gasteiger partial charge in [-0.15, -0.1) is 0 Å². The Bertz CT molecular complexity index is 708. The number of benzene rings is 1. The van der Waals surface area contributed by atoms with Gasteiger partial charge in [0.25, 0.3) is 0 Å². The first kappa shape index (κ1) is 17.9. The summed E-state index contributed by atoms with van der Waals surface area (Å²) in [5.41, 5.74) is 2.18. The van der Waals surface area contributed by atoms with Crippen LogP contribution in [-0.2, 0) is 10.2 Å². The zero-order chi connectivity index (χ0) is 18.5. The smallest absolute Gasteiger partial charge is 0.139 e. The van der Waals surface area contributed by atoms with Crippen molar-refractivity contribution in [2.24, 2.45) is 22.7 Å². The molecule has 1 aromatic carbocycles. The van der Waals surface area contributed by atoms with Crippen LogP contribution in [0.1, 0.15) is 76.7 Å². The van der Waals surface area contributed by atoms with Gasteiger partial charge in [-0.25, -0.2) is 0 Å². The summed E-state index contributed by atoms with van der Waals surface area (Å²) < 4.78 is 0. The third-order valence-electron chi connectivity index (χ3n) is 8.84. The third kappa shape index (κ3) is 2.90. The van der Waals surface area contributed by atoms with Gasteiger partial charge in [-0.05, 0) is 92.7 Å². The van der Waals surface area contributed by atoms with Gasteiger partial charge in [0.05, 0.1) is 0 Å². The number of hydrogen-bond acceptors (Lipinski definition) is 2. The van der Waals surface area contributed by atoms with Crippen LogP contribution in [-0.4, -0.2) is 18.9 Å². The number of piperidine rings is 1. The Labute approximate surface area is 164 Å². The summed E-state index contributed by atoms with van der Waals surface area (Å²) in [6.45, 7) is 4.58. The van der Waals surface area contributed by atoms with Crippen molar-refractivity contribution in [2.45, 2.75) is 76.5 Å². The molecule has 0 radical (unpaired) electrons. The van der Waals surface area contributed by atoms with Crippen molar-refractivity contribution in [1.29, 1.82) is 0 Å². The van der Waals surface area contributed by atoms with Crippen LogP contribution < -0.4 is 5.32 Å². The second kappa shape index (κ2) is 6.44. The van der Waals surface area contributed by atoms with Crippen molar-refractivity contribution in [1.82, 2.24) is 5.32 Å². The van der Waals surface area contributed by atoms with E-state index < -0.39 is 0 Å². The molecule has 4 aliphatic carbocycles. The van der Waals surface area contributed by atoms with Gasteiger partial charge in [0.1, 0.15) is 5.78 Å². The molecule has 5 fully saturated rings. The van der Waals surface area contributed by atoms with Crippen molar-refractivity contribution in [2.75, 3.05) is 13.1 Å². The fraction of sp³-hybridized carbons (Fsp3) is 0.720. The minimum Gasteiger partial charge on any atom is -0.317 e. The Morgan fingerprint density at radius 2 is 1.81 bits per heavy atom. The topological polar surface area (TPSA) is 29.1 Å². The first-order valence-corrected chi connectivity index (χ1v) is 11.4. The number of Topliss-reactive ketones (excluding diaryl/α,β-unsaturated/α-hetero) is 1. The zero-order valence-electron chi connectivity index (χ0n) is 16.9. The zero-order valence-corrected chi connectivity index (χ0v) is 16.9. The standard InChI is InChI=1S/C25H35NO/c1-2-23-13-20-14-24(16-23,21-6-4-3-5-7-21)18-25(15-20,17-23)22(27)12-19-8-10-26-11-9-19/h3-7,19-20,26H,2,8-18H2,1H3/t20?,23-,24-,25?/m1/s1. The van der Waals surface area contributed by atoms with Gasteiger partial charge in [-0.3, -0.25) is 4.79 Å². The molecule has 2 heteroatoms. The maximum Gasteiger partial charge on any atom is 0.139 e. The van der Waals surface area contributed by atoms with Gasteiger partial charge in [0, 0.05) is 11.8 Å². The minimum atomic E-state index is -0.0177. The average Bonchev–Trinajstić information content (AvgIpc) is 2.68. The summed E-state index contributed by atoms with van der Waals surface area (Å²) in [7, 11) is 0. The molecule has 0 aromatic heterocycles. The monoisotopic (exact) mass is 365 g/mol. The fourth-order valence-corrected chi connectivity index (χ4v) is 8.02. The van der Waals surface area contributed by atoms with Gasteiger partial charge < -0.3 is 5.32 Å². The first-order valence-electron chi connectivity index (χ1n) is 11.4. The molecule has 1 saturated heterocycles. The fourth-order valence-electron chi connectivity index (χ4n) is 8.02. The predicted molar refractivity (Wildman–Crippen MR) is 110 cm³/mol. The highest BCUT2D eigenvalue weighted by atomic mass is 16.1. The molecule has 2 nitrogen and oxygen atoms in total. The number of nitrogens with one attached hydrogen (secondary N) is 1. The number of rotatable bonds is 5. The van der Waals surface area contributed by atoms with Crippen molar-refractivity contribution >= 4 is 5.78 Å². The van der Waals surface area contributed by atoms with Crippen LogP contribution in [0.5, 0.6) is 0 Å². The summed E-state index contributed by atoms with van der Waals surface area (Å²) in [5, 5.41) is 3.45. The van der Waals surface area contributed by atoms with E-state index in [1.54, 1.807) is 0 Å². The van der Waals surface area contributed by atoms with E-state index in [1.165, 1.54) is 56.9 Å². The van der Waals surface area contributed by atoms with E-state index in [0.717, 1.165) is 31.8 Å². The quantitative estimate of drug-likeness (QED) is 0.771. The summed E-state index contributed by atoms with van der Waals surface area (Å²) in [5.74, 6) is 2.02. The molecule has 2 unspecified atom stereocenters. The highest BCUT2D eigenvalue weighted by Gasteiger charge is 2.64. The largest absolute Gasteiger partial charge is 0.317 e. The molecule has 1 N–H and O–H groups in total. The van der Waals surface area contributed by atoms with Crippen LogP contribution >= 0.6 is 0 Å². The summed E-state index contributed by atoms with van der Waals surface area (Å²) in [6, 6.07) is 11.2. The second-order valence-electron chi connectivity index (χ2n) is 10.6. The molecule has 4 saturated carbocycles. The Morgan fingerprint density at radius 3 is 2.56 bits per heavy atom. The second-order valence-corrected chi connectivity index (χ2v) is 10.6. The van der Waals surface area contributed by atoms with Crippen molar-refractivity contribution in [3.05, 3.63) is 35.9 Å². The molecule has 5 aliphatic rings. The molecular weight excluding hydrogens is 330 g/mol. The number of hydrogen-bond donors (Lipinski definition) is 1. The maximum absolute atomic E-state index is 13.8.